The fourth-order valence-corrected chi connectivity index (χ4v) is 1.84. The Bertz CT molecular complexity index is 717. The van der Waals surface area contributed by atoms with Crippen molar-refractivity contribution < 1.29 is 14.3 Å². The third-order valence-corrected chi connectivity index (χ3v) is 2.85. The van der Waals surface area contributed by atoms with E-state index in [0.29, 0.717) is 6.54 Å². The predicted molar refractivity (Wildman–Crippen MR) is 84.9 cm³/mol. The van der Waals surface area contributed by atoms with Gasteiger partial charge in [-0.1, -0.05) is 30.3 Å². The van der Waals surface area contributed by atoms with Crippen LogP contribution in [0, 0.1) is 0 Å². The molecule has 1 heterocycles. The van der Waals surface area contributed by atoms with E-state index < -0.39 is 5.97 Å². The van der Waals surface area contributed by atoms with E-state index >= 15 is 0 Å². The zero-order chi connectivity index (χ0) is 15.8. The lowest BCUT2D eigenvalue weighted by atomic mass is 10.1. The average molecular weight is 296 g/mol. The monoisotopic (exact) mass is 296 g/mol. The van der Waals surface area contributed by atoms with Gasteiger partial charge >= 0.3 is 5.97 Å². The van der Waals surface area contributed by atoms with Crippen molar-refractivity contribution in [2.24, 2.45) is 0 Å². The van der Waals surface area contributed by atoms with Crippen molar-refractivity contribution in [3.05, 3.63) is 60.8 Å². The molecule has 22 heavy (non-hydrogen) atoms. The molecule has 0 aliphatic rings. The van der Waals surface area contributed by atoms with E-state index in [1.807, 2.05) is 30.3 Å². The van der Waals surface area contributed by atoms with Gasteiger partial charge in [-0.2, -0.15) is 0 Å². The lowest BCUT2D eigenvalue weighted by molar-refractivity contribution is -0.143. The van der Waals surface area contributed by atoms with Crippen LogP contribution in [0.3, 0.4) is 0 Å². The van der Waals surface area contributed by atoms with Crippen molar-refractivity contribution >= 4 is 28.9 Å². The highest BCUT2D eigenvalue weighted by Gasteiger charge is 2.04. The Hall–Kier alpha value is -2.95. The van der Waals surface area contributed by atoms with Crippen molar-refractivity contribution in [1.82, 2.24) is 10.3 Å². The molecule has 5 nitrogen and oxygen atoms in total. The molecule has 1 N–H and O–H groups in total. The Labute approximate surface area is 128 Å². The molecule has 112 valence electrons. The molecule has 5 heteroatoms. The average Bonchev–Trinajstić information content (AvgIpc) is 2.56. The van der Waals surface area contributed by atoms with Gasteiger partial charge in [0.15, 0.2) is 6.61 Å². The SMILES string of the molecule is C=CCNC(=O)COC(=O)/C=C/c1cccc2cccnc12. The molecule has 0 radical (unpaired) electrons. The maximum Gasteiger partial charge on any atom is 0.331 e. The normalized spacial score (nSPS) is 10.5. The molecule has 1 aromatic carbocycles. The van der Waals surface area contributed by atoms with Crippen molar-refractivity contribution in [2.75, 3.05) is 13.2 Å². The van der Waals surface area contributed by atoms with Crippen molar-refractivity contribution in [2.45, 2.75) is 0 Å². The molecular formula is C17H16N2O3. The number of aromatic nitrogens is 1. The third kappa shape index (κ3) is 4.28. The van der Waals surface area contributed by atoms with Gasteiger partial charge in [0.05, 0.1) is 5.52 Å². The van der Waals surface area contributed by atoms with Crippen LogP contribution in [0.15, 0.2) is 55.3 Å². The van der Waals surface area contributed by atoms with Crippen LogP contribution >= 0.6 is 0 Å². The van der Waals surface area contributed by atoms with Gasteiger partial charge in [-0.05, 0) is 12.1 Å². The number of ether oxygens (including phenoxy) is 1. The fourth-order valence-electron chi connectivity index (χ4n) is 1.84. The highest BCUT2D eigenvalue weighted by atomic mass is 16.5. The van der Waals surface area contributed by atoms with Gasteiger partial charge in [0.2, 0.25) is 0 Å². The first-order valence-corrected chi connectivity index (χ1v) is 6.77. The van der Waals surface area contributed by atoms with E-state index in [2.05, 4.69) is 16.9 Å². The summed E-state index contributed by atoms with van der Waals surface area (Å²) in [4.78, 5) is 27.2. The van der Waals surface area contributed by atoms with Gasteiger partial charge in [-0.25, -0.2) is 4.79 Å². The Balaban J connectivity index is 1.97. The molecule has 0 fully saturated rings. The summed E-state index contributed by atoms with van der Waals surface area (Å²) in [6.07, 6.45) is 6.15. The number of fused-ring (bicyclic) bond motifs is 1. The topological polar surface area (TPSA) is 68.3 Å². The third-order valence-electron chi connectivity index (χ3n) is 2.85. The zero-order valence-electron chi connectivity index (χ0n) is 12.0. The molecule has 0 saturated heterocycles. The minimum atomic E-state index is -0.582. The van der Waals surface area contributed by atoms with Gasteiger partial charge in [0.25, 0.3) is 5.91 Å². The maximum atomic E-state index is 11.6. The van der Waals surface area contributed by atoms with Crippen LogP contribution in [-0.4, -0.2) is 30.0 Å². The minimum Gasteiger partial charge on any atom is -0.452 e. The highest BCUT2D eigenvalue weighted by Crippen LogP contribution is 2.17. The molecular weight excluding hydrogens is 280 g/mol. The van der Waals surface area contributed by atoms with Gasteiger partial charge in [0, 0.05) is 29.8 Å². The number of esters is 1. The number of pyridine rings is 1. The van der Waals surface area contributed by atoms with Crippen molar-refractivity contribution in [3.63, 3.8) is 0 Å². The zero-order valence-corrected chi connectivity index (χ0v) is 12.0. The number of benzene rings is 1. The summed E-state index contributed by atoms with van der Waals surface area (Å²) in [6, 6.07) is 9.49. The van der Waals surface area contributed by atoms with Gasteiger partial charge < -0.3 is 10.1 Å². The first-order valence-electron chi connectivity index (χ1n) is 6.77. The molecule has 0 aliphatic heterocycles. The number of nitrogens with one attached hydrogen (secondary N) is 1. The molecule has 2 aromatic rings. The van der Waals surface area contributed by atoms with Gasteiger partial charge in [-0.15, -0.1) is 6.58 Å². The van der Waals surface area contributed by atoms with E-state index in [9.17, 15) is 9.59 Å². The number of hydrogen-bond donors (Lipinski definition) is 1. The molecule has 0 aliphatic carbocycles. The number of carbonyl (C=O) groups is 2. The lowest BCUT2D eigenvalue weighted by Crippen LogP contribution is -2.28. The predicted octanol–water partition coefficient (Wildman–Crippen LogP) is 2.09. The van der Waals surface area contributed by atoms with E-state index in [0.717, 1.165) is 16.5 Å². The molecule has 0 spiro atoms. The number of para-hydroxylation sites is 1. The first kappa shape index (κ1) is 15.4. The number of rotatable bonds is 6. The van der Waals surface area contributed by atoms with Gasteiger partial charge in [-0.3, -0.25) is 9.78 Å². The standard InChI is InChI=1S/C17H16N2O3/c1-2-10-18-15(20)12-22-16(21)9-8-14-6-3-5-13-7-4-11-19-17(13)14/h2-9,11H,1,10,12H2,(H,18,20)/b9-8+. The van der Waals surface area contributed by atoms with Crippen LogP contribution in [0.4, 0.5) is 0 Å². The summed E-state index contributed by atoms with van der Waals surface area (Å²) in [5.41, 5.74) is 1.61. The summed E-state index contributed by atoms with van der Waals surface area (Å²) in [6.45, 7) is 3.50. The van der Waals surface area contributed by atoms with E-state index in [1.54, 1.807) is 18.3 Å². The minimum absolute atomic E-state index is 0.315. The van der Waals surface area contributed by atoms with Crippen molar-refractivity contribution in [1.29, 1.82) is 0 Å². The maximum absolute atomic E-state index is 11.6. The molecule has 0 saturated carbocycles. The van der Waals surface area contributed by atoms with E-state index in [1.165, 1.54) is 6.08 Å². The Morgan fingerprint density at radius 3 is 2.91 bits per heavy atom. The van der Waals surface area contributed by atoms with Crippen LogP contribution in [0.5, 0.6) is 0 Å². The number of amides is 1. The molecule has 2 rings (SSSR count). The number of hydrogen-bond acceptors (Lipinski definition) is 4. The van der Waals surface area contributed by atoms with Crippen LogP contribution < -0.4 is 5.32 Å². The van der Waals surface area contributed by atoms with Crippen LogP contribution in [0.2, 0.25) is 0 Å². The summed E-state index contributed by atoms with van der Waals surface area (Å²) in [5.74, 6) is -0.949. The summed E-state index contributed by atoms with van der Waals surface area (Å²) in [7, 11) is 0. The largest absolute Gasteiger partial charge is 0.452 e. The molecule has 0 unspecified atom stereocenters. The summed E-state index contributed by atoms with van der Waals surface area (Å²) >= 11 is 0. The Morgan fingerprint density at radius 1 is 1.27 bits per heavy atom. The fraction of sp³-hybridized carbons (Fsp3) is 0.118. The lowest BCUT2D eigenvalue weighted by Gasteiger charge is -2.03. The smallest absolute Gasteiger partial charge is 0.331 e. The van der Waals surface area contributed by atoms with Crippen LogP contribution in [0.25, 0.3) is 17.0 Å². The molecule has 0 atom stereocenters. The molecule has 1 aromatic heterocycles. The molecule has 0 bridgehead atoms. The summed E-state index contributed by atoms with van der Waals surface area (Å²) in [5, 5.41) is 3.51. The number of carbonyl (C=O) groups excluding carboxylic acids is 2. The number of nitrogens with zero attached hydrogens (tertiary/aromatic N) is 1. The second kappa shape index (κ2) is 7.73. The van der Waals surface area contributed by atoms with Crippen molar-refractivity contribution in [3.8, 4) is 0 Å². The van der Waals surface area contributed by atoms with E-state index in [4.69, 9.17) is 4.74 Å². The van der Waals surface area contributed by atoms with Gasteiger partial charge in [0.1, 0.15) is 0 Å². The Morgan fingerprint density at radius 2 is 2.09 bits per heavy atom. The van der Waals surface area contributed by atoms with Crippen LogP contribution in [0.1, 0.15) is 5.56 Å². The van der Waals surface area contributed by atoms with Crippen LogP contribution in [-0.2, 0) is 14.3 Å². The second-order valence-electron chi connectivity index (χ2n) is 4.46. The molecule has 1 amide bonds. The Kier molecular flexibility index (Phi) is 5.43. The summed E-state index contributed by atoms with van der Waals surface area (Å²) < 4.78 is 4.84. The highest BCUT2D eigenvalue weighted by molar-refractivity contribution is 5.93. The second-order valence-corrected chi connectivity index (χ2v) is 4.46. The first-order chi connectivity index (χ1) is 10.7. The van der Waals surface area contributed by atoms with E-state index in [-0.39, 0.29) is 12.5 Å². The quantitative estimate of drug-likeness (QED) is 0.503.